The van der Waals surface area contributed by atoms with Gasteiger partial charge in [0.15, 0.2) is 0 Å². The number of aliphatic imine (C=N–C) groups is 2. The van der Waals surface area contributed by atoms with Gasteiger partial charge in [-0.05, 0) is 38.3 Å². The molecule has 1 aliphatic heterocycles. The van der Waals surface area contributed by atoms with Gasteiger partial charge in [0.25, 0.3) is 17.8 Å². The van der Waals surface area contributed by atoms with Crippen molar-refractivity contribution in [2.75, 3.05) is 19.5 Å². The van der Waals surface area contributed by atoms with Crippen molar-refractivity contribution in [3.63, 3.8) is 0 Å². The summed E-state index contributed by atoms with van der Waals surface area (Å²) in [5.41, 5.74) is 1.85. The van der Waals surface area contributed by atoms with E-state index in [9.17, 15) is 9.59 Å². The lowest BCUT2D eigenvalue weighted by atomic mass is 10.1. The molecule has 1 fully saturated rings. The number of hydrogen-bond acceptors (Lipinski definition) is 6. The van der Waals surface area contributed by atoms with E-state index in [1.165, 1.54) is 18.9 Å². The van der Waals surface area contributed by atoms with Gasteiger partial charge in [0.2, 0.25) is 0 Å². The van der Waals surface area contributed by atoms with Crippen LogP contribution < -0.4 is 14.8 Å². The van der Waals surface area contributed by atoms with Crippen molar-refractivity contribution in [2.24, 2.45) is 15.9 Å². The minimum Gasteiger partial charge on any atom is -0.497 e. The number of carbonyl (C=O) groups excluding carboxylic acids is 2. The van der Waals surface area contributed by atoms with Crippen molar-refractivity contribution in [2.45, 2.75) is 26.2 Å². The third-order valence-corrected chi connectivity index (χ3v) is 4.96. The molecule has 1 aromatic heterocycles. The van der Waals surface area contributed by atoms with Crippen molar-refractivity contribution in [1.82, 2.24) is 9.78 Å². The van der Waals surface area contributed by atoms with E-state index in [4.69, 9.17) is 9.47 Å². The van der Waals surface area contributed by atoms with Crippen LogP contribution in [-0.2, 0) is 4.79 Å². The van der Waals surface area contributed by atoms with Crippen LogP contribution in [-0.4, -0.2) is 47.5 Å². The van der Waals surface area contributed by atoms with Crippen LogP contribution in [0.25, 0.3) is 0 Å². The van der Waals surface area contributed by atoms with E-state index in [0.717, 1.165) is 25.0 Å². The molecule has 2 aliphatic rings. The first-order chi connectivity index (χ1) is 14.0. The largest absolute Gasteiger partial charge is 0.497 e. The molecule has 1 N–H and O–H groups in total. The van der Waals surface area contributed by atoms with Crippen LogP contribution in [0, 0.1) is 12.8 Å². The molecule has 0 radical (unpaired) electrons. The number of anilines is 1. The Bertz CT molecular complexity index is 1030. The fourth-order valence-corrected chi connectivity index (χ4v) is 3.52. The normalized spacial score (nSPS) is 18.0. The highest BCUT2D eigenvalue weighted by Gasteiger charge is 2.33. The minimum atomic E-state index is -0.377. The molecule has 4 rings (SSSR count). The van der Waals surface area contributed by atoms with Crippen LogP contribution >= 0.6 is 0 Å². The Kier molecular flexibility index (Phi) is 4.87. The molecule has 1 aliphatic carbocycles. The second-order valence-corrected chi connectivity index (χ2v) is 6.94. The Morgan fingerprint density at radius 2 is 1.86 bits per heavy atom. The first kappa shape index (κ1) is 18.9. The van der Waals surface area contributed by atoms with E-state index in [1.807, 2.05) is 0 Å². The number of amides is 2. The molecule has 150 valence electrons. The summed E-state index contributed by atoms with van der Waals surface area (Å²) in [6, 6.07) is 6.59. The Hall–Kier alpha value is -3.49. The highest BCUT2D eigenvalue weighted by Crippen LogP contribution is 2.28. The number of nitrogens with zero attached hydrogens (tertiary/aromatic N) is 4. The fraction of sp³-hybridized carbons (Fsp3) is 0.350. The van der Waals surface area contributed by atoms with Gasteiger partial charge in [0.1, 0.15) is 17.3 Å². The summed E-state index contributed by atoms with van der Waals surface area (Å²) in [7, 11) is 3.03. The number of methoxy groups -OCH3 is 2. The third-order valence-electron chi connectivity index (χ3n) is 4.96. The van der Waals surface area contributed by atoms with Crippen molar-refractivity contribution < 1.29 is 19.1 Å². The van der Waals surface area contributed by atoms with E-state index < -0.39 is 0 Å². The molecule has 1 atom stereocenters. The topological polar surface area (TPSA) is 107 Å². The predicted molar refractivity (Wildman–Crippen MR) is 107 cm³/mol. The SMILES string of the molecule is COc1cc(OC)cc(C(=O)Nc2cc(C)nn2C2=NC(=O)C3CCCC3=N2)c1. The summed E-state index contributed by atoms with van der Waals surface area (Å²) in [5.74, 6) is 0.761. The Balaban J connectivity index is 1.65. The highest BCUT2D eigenvalue weighted by molar-refractivity contribution is 6.17. The quantitative estimate of drug-likeness (QED) is 0.856. The number of benzene rings is 1. The number of ether oxygens (including phenoxy) is 2. The fourth-order valence-electron chi connectivity index (χ4n) is 3.52. The predicted octanol–water partition coefficient (Wildman–Crippen LogP) is 2.45. The van der Waals surface area contributed by atoms with Gasteiger partial charge in [0.05, 0.1) is 25.8 Å². The van der Waals surface area contributed by atoms with Gasteiger partial charge >= 0.3 is 0 Å². The van der Waals surface area contributed by atoms with Crippen molar-refractivity contribution in [3.05, 3.63) is 35.5 Å². The van der Waals surface area contributed by atoms with Gasteiger partial charge in [0, 0.05) is 23.4 Å². The second kappa shape index (κ2) is 7.50. The molecule has 29 heavy (non-hydrogen) atoms. The van der Waals surface area contributed by atoms with E-state index in [2.05, 4.69) is 20.4 Å². The Morgan fingerprint density at radius 1 is 1.14 bits per heavy atom. The van der Waals surface area contributed by atoms with Gasteiger partial charge in [-0.2, -0.15) is 14.8 Å². The van der Waals surface area contributed by atoms with E-state index in [-0.39, 0.29) is 23.7 Å². The number of nitrogens with one attached hydrogen (secondary N) is 1. The number of carbonyl (C=O) groups is 2. The van der Waals surface area contributed by atoms with Gasteiger partial charge in [-0.1, -0.05) is 0 Å². The molecule has 9 nitrogen and oxygen atoms in total. The molecule has 0 spiro atoms. The maximum Gasteiger partial charge on any atom is 0.257 e. The molecule has 2 amide bonds. The molecule has 1 saturated carbocycles. The molecular weight excluding hydrogens is 374 g/mol. The van der Waals surface area contributed by atoms with Crippen molar-refractivity contribution in [1.29, 1.82) is 0 Å². The monoisotopic (exact) mass is 395 g/mol. The first-order valence-electron chi connectivity index (χ1n) is 9.30. The molecule has 0 saturated heterocycles. The van der Waals surface area contributed by atoms with Gasteiger partial charge in [-0.3, -0.25) is 9.59 Å². The molecule has 2 aromatic rings. The number of aryl methyl sites for hydroxylation is 1. The van der Waals surface area contributed by atoms with Gasteiger partial charge in [-0.25, -0.2) is 4.99 Å². The average Bonchev–Trinajstić information content (AvgIpc) is 3.34. The van der Waals surface area contributed by atoms with Gasteiger partial charge in [-0.15, -0.1) is 0 Å². The Morgan fingerprint density at radius 3 is 2.55 bits per heavy atom. The lowest BCUT2D eigenvalue weighted by Crippen LogP contribution is -2.29. The molecular formula is C20H21N5O4. The first-order valence-corrected chi connectivity index (χ1v) is 9.30. The zero-order chi connectivity index (χ0) is 20.5. The molecule has 9 heteroatoms. The van der Waals surface area contributed by atoms with Crippen molar-refractivity contribution in [3.8, 4) is 11.5 Å². The van der Waals surface area contributed by atoms with Crippen molar-refractivity contribution >= 4 is 29.3 Å². The lowest BCUT2D eigenvalue weighted by molar-refractivity contribution is -0.119. The number of aromatic nitrogens is 2. The van der Waals surface area contributed by atoms with Crippen LogP contribution in [0.15, 0.2) is 34.3 Å². The summed E-state index contributed by atoms with van der Waals surface area (Å²) < 4.78 is 11.8. The molecule has 1 aromatic carbocycles. The number of fused-ring (bicyclic) bond motifs is 1. The summed E-state index contributed by atoms with van der Waals surface area (Å²) in [6.07, 6.45) is 2.49. The highest BCUT2D eigenvalue weighted by atomic mass is 16.5. The summed E-state index contributed by atoms with van der Waals surface area (Å²) in [6.45, 7) is 1.79. The maximum absolute atomic E-state index is 12.8. The van der Waals surface area contributed by atoms with E-state index in [0.29, 0.717) is 28.6 Å². The maximum atomic E-state index is 12.8. The van der Waals surface area contributed by atoms with Crippen LogP contribution in [0.3, 0.4) is 0 Å². The second-order valence-electron chi connectivity index (χ2n) is 6.94. The van der Waals surface area contributed by atoms with E-state index >= 15 is 0 Å². The molecule has 2 heterocycles. The van der Waals surface area contributed by atoms with E-state index in [1.54, 1.807) is 31.2 Å². The Labute approximate surface area is 167 Å². The van der Waals surface area contributed by atoms with Crippen LogP contribution in [0.1, 0.15) is 35.3 Å². The summed E-state index contributed by atoms with van der Waals surface area (Å²) in [4.78, 5) is 33.8. The molecule has 0 bridgehead atoms. The lowest BCUT2D eigenvalue weighted by Gasteiger charge is -2.15. The zero-order valence-corrected chi connectivity index (χ0v) is 16.4. The van der Waals surface area contributed by atoms with Gasteiger partial charge < -0.3 is 14.8 Å². The van der Waals surface area contributed by atoms with Crippen LogP contribution in [0.2, 0.25) is 0 Å². The van der Waals surface area contributed by atoms with Crippen LogP contribution in [0.5, 0.6) is 11.5 Å². The summed E-state index contributed by atoms with van der Waals surface area (Å²) >= 11 is 0. The zero-order valence-electron chi connectivity index (χ0n) is 16.4. The standard InChI is InChI=1S/C20H21N5O4/c1-11-7-17(22-18(26)12-8-13(28-2)10-14(9-12)29-3)25(24-11)20-21-16-6-4-5-15(16)19(27)23-20/h7-10,15H,4-6H2,1-3H3,(H,22,26). The number of rotatable bonds is 4. The van der Waals surface area contributed by atoms with Crippen LogP contribution in [0.4, 0.5) is 5.82 Å². The summed E-state index contributed by atoms with van der Waals surface area (Å²) in [5, 5.41) is 7.17. The smallest absolute Gasteiger partial charge is 0.257 e. The minimum absolute atomic E-state index is 0.176. The molecule has 1 unspecified atom stereocenters. The third kappa shape index (κ3) is 3.63. The number of hydrogen-bond donors (Lipinski definition) is 1. The average molecular weight is 395 g/mol.